The maximum atomic E-state index is 12.1. The fourth-order valence-electron chi connectivity index (χ4n) is 3.36. The molecule has 1 saturated heterocycles. The molecule has 1 saturated carbocycles. The van der Waals surface area contributed by atoms with Gasteiger partial charge in [-0.05, 0) is 49.9 Å². The Morgan fingerprint density at radius 3 is 2.42 bits per heavy atom. The van der Waals surface area contributed by atoms with E-state index in [1.54, 1.807) is 0 Å². The third kappa shape index (κ3) is 3.61. The lowest BCUT2D eigenvalue weighted by Gasteiger charge is -2.30. The van der Waals surface area contributed by atoms with E-state index in [1.165, 1.54) is 6.92 Å². The van der Waals surface area contributed by atoms with Gasteiger partial charge in [0.2, 0.25) is 23.5 Å². The number of hydrogen-bond donors (Lipinski definition) is 1. The zero-order chi connectivity index (χ0) is 18.1. The number of amides is 2. The van der Waals surface area contributed by atoms with E-state index >= 15 is 0 Å². The largest absolute Gasteiger partial charge is 0.342 e. The van der Waals surface area contributed by atoms with Crippen molar-refractivity contribution < 1.29 is 14.1 Å². The molecule has 0 spiro atoms. The maximum absolute atomic E-state index is 12.1. The van der Waals surface area contributed by atoms with Gasteiger partial charge >= 0.3 is 0 Å². The van der Waals surface area contributed by atoms with Crippen molar-refractivity contribution in [1.82, 2.24) is 15.0 Å². The molecule has 2 aromatic rings. The van der Waals surface area contributed by atoms with Gasteiger partial charge in [-0.25, -0.2) is 0 Å². The molecule has 2 heterocycles. The standard InChI is InChI=1S/C19H22N4O3/c1-12(24)20-16-6-4-13(5-7-16)17-21-18(26-22-17)14-8-10-23(11-9-14)19(25)15-2-3-15/h4-7,14-15H,2-3,8-11H2,1H3,(H,20,24). The fourth-order valence-corrected chi connectivity index (χ4v) is 3.36. The monoisotopic (exact) mass is 354 g/mol. The quantitative estimate of drug-likeness (QED) is 0.912. The Morgan fingerprint density at radius 1 is 1.12 bits per heavy atom. The van der Waals surface area contributed by atoms with Gasteiger partial charge in [-0.2, -0.15) is 4.98 Å². The molecule has 0 bridgehead atoms. The molecule has 26 heavy (non-hydrogen) atoms. The molecule has 1 aliphatic heterocycles. The van der Waals surface area contributed by atoms with Crippen LogP contribution in [0.4, 0.5) is 5.69 Å². The Balaban J connectivity index is 1.38. The Labute approximate surface area is 151 Å². The minimum Gasteiger partial charge on any atom is -0.342 e. The zero-order valence-corrected chi connectivity index (χ0v) is 14.8. The van der Waals surface area contributed by atoms with Crippen molar-refractivity contribution in [3.8, 4) is 11.4 Å². The second-order valence-corrected chi connectivity index (χ2v) is 7.09. The molecule has 136 valence electrons. The van der Waals surface area contributed by atoms with Crippen LogP contribution in [-0.2, 0) is 9.59 Å². The predicted molar refractivity (Wildman–Crippen MR) is 95.3 cm³/mol. The van der Waals surface area contributed by atoms with Crippen LogP contribution in [0, 0.1) is 5.92 Å². The number of carbonyl (C=O) groups excluding carboxylic acids is 2. The molecule has 4 rings (SSSR count). The molecular formula is C19H22N4O3. The van der Waals surface area contributed by atoms with E-state index in [4.69, 9.17) is 4.52 Å². The van der Waals surface area contributed by atoms with Crippen LogP contribution in [0.3, 0.4) is 0 Å². The number of aromatic nitrogens is 2. The fraction of sp³-hybridized carbons (Fsp3) is 0.474. The van der Waals surface area contributed by atoms with Crippen LogP contribution < -0.4 is 5.32 Å². The first-order chi connectivity index (χ1) is 12.6. The van der Waals surface area contributed by atoms with Crippen LogP contribution in [0.25, 0.3) is 11.4 Å². The Hall–Kier alpha value is -2.70. The lowest BCUT2D eigenvalue weighted by molar-refractivity contribution is -0.133. The molecule has 2 fully saturated rings. The number of benzene rings is 1. The summed E-state index contributed by atoms with van der Waals surface area (Å²) in [5, 5.41) is 6.82. The van der Waals surface area contributed by atoms with Crippen LogP contribution >= 0.6 is 0 Å². The average molecular weight is 354 g/mol. The highest BCUT2D eigenvalue weighted by molar-refractivity contribution is 5.88. The molecule has 0 unspecified atom stereocenters. The normalized spacial score (nSPS) is 18.0. The summed E-state index contributed by atoms with van der Waals surface area (Å²) in [7, 11) is 0. The Morgan fingerprint density at radius 2 is 1.81 bits per heavy atom. The number of rotatable bonds is 4. The van der Waals surface area contributed by atoms with Crippen molar-refractivity contribution in [2.24, 2.45) is 5.92 Å². The van der Waals surface area contributed by atoms with Gasteiger partial charge in [-0.3, -0.25) is 9.59 Å². The van der Waals surface area contributed by atoms with Gasteiger partial charge in [0.15, 0.2) is 0 Å². The van der Waals surface area contributed by atoms with E-state index in [0.717, 1.165) is 50.0 Å². The summed E-state index contributed by atoms with van der Waals surface area (Å²) in [4.78, 5) is 29.7. The summed E-state index contributed by atoms with van der Waals surface area (Å²) < 4.78 is 5.47. The Bertz CT molecular complexity index is 802. The molecular weight excluding hydrogens is 332 g/mol. The van der Waals surface area contributed by atoms with Gasteiger partial charge in [-0.1, -0.05) is 5.16 Å². The van der Waals surface area contributed by atoms with Crippen molar-refractivity contribution in [3.05, 3.63) is 30.2 Å². The summed E-state index contributed by atoms with van der Waals surface area (Å²) in [5.41, 5.74) is 1.58. The van der Waals surface area contributed by atoms with Crippen LogP contribution in [0.2, 0.25) is 0 Å². The van der Waals surface area contributed by atoms with Crippen molar-refractivity contribution in [3.63, 3.8) is 0 Å². The van der Waals surface area contributed by atoms with Crippen LogP contribution in [0.15, 0.2) is 28.8 Å². The van der Waals surface area contributed by atoms with Crippen molar-refractivity contribution in [2.75, 3.05) is 18.4 Å². The van der Waals surface area contributed by atoms with E-state index in [0.29, 0.717) is 17.6 Å². The first-order valence-corrected chi connectivity index (χ1v) is 9.10. The molecule has 7 nitrogen and oxygen atoms in total. The highest BCUT2D eigenvalue weighted by Crippen LogP contribution is 2.34. The smallest absolute Gasteiger partial charge is 0.230 e. The van der Waals surface area contributed by atoms with Crippen molar-refractivity contribution >= 4 is 17.5 Å². The number of piperidine rings is 1. The van der Waals surface area contributed by atoms with Crippen molar-refractivity contribution in [1.29, 1.82) is 0 Å². The molecule has 0 radical (unpaired) electrons. The average Bonchev–Trinajstić information content (AvgIpc) is 3.38. The molecule has 1 aromatic carbocycles. The third-order valence-corrected chi connectivity index (χ3v) is 4.99. The molecule has 1 aliphatic carbocycles. The first-order valence-electron chi connectivity index (χ1n) is 9.10. The summed E-state index contributed by atoms with van der Waals surface area (Å²) >= 11 is 0. The summed E-state index contributed by atoms with van der Waals surface area (Å²) in [6, 6.07) is 7.34. The summed E-state index contributed by atoms with van der Waals surface area (Å²) in [6.45, 7) is 3.01. The third-order valence-electron chi connectivity index (χ3n) is 4.99. The lowest BCUT2D eigenvalue weighted by Crippen LogP contribution is -2.38. The molecule has 2 amide bonds. The number of anilines is 1. The van der Waals surface area contributed by atoms with Gasteiger partial charge in [-0.15, -0.1) is 0 Å². The SMILES string of the molecule is CC(=O)Nc1ccc(-c2noc(C3CCN(C(=O)C4CC4)CC3)n2)cc1. The van der Waals surface area contributed by atoms with Crippen LogP contribution in [0.1, 0.15) is 44.4 Å². The molecule has 0 atom stereocenters. The van der Waals surface area contributed by atoms with Gasteiger partial charge < -0.3 is 14.7 Å². The van der Waals surface area contributed by atoms with Gasteiger partial charge in [0, 0.05) is 43.1 Å². The van der Waals surface area contributed by atoms with Gasteiger partial charge in [0.25, 0.3) is 0 Å². The predicted octanol–water partition coefficient (Wildman–Crippen LogP) is 2.81. The van der Waals surface area contributed by atoms with E-state index in [-0.39, 0.29) is 17.7 Å². The van der Waals surface area contributed by atoms with E-state index in [9.17, 15) is 9.59 Å². The van der Waals surface area contributed by atoms with E-state index in [2.05, 4.69) is 15.5 Å². The highest BCUT2D eigenvalue weighted by atomic mass is 16.5. The second-order valence-electron chi connectivity index (χ2n) is 7.09. The number of carbonyl (C=O) groups is 2. The number of hydrogen-bond acceptors (Lipinski definition) is 5. The summed E-state index contributed by atoms with van der Waals surface area (Å²) in [5.74, 6) is 1.88. The topological polar surface area (TPSA) is 88.3 Å². The zero-order valence-electron chi connectivity index (χ0n) is 14.8. The molecule has 1 N–H and O–H groups in total. The molecule has 7 heteroatoms. The molecule has 1 aromatic heterocycles. The van der Waals surface area contributed by atoms with Gasteiger partial charge in [0.1, 0.15) is 0 Å². The minimum absolute atomic E-state index is 0.105. The first kappa shape index (κ1) is 16.8. The number of likely N-dealkylation sites (tertiary alicyclic amines) is 1. The minimum atomic E-state index is -0.105. The number of nitrogens with zero attached hydrogens (tertiary/aromatic N) is 3. The summed E-state index contributed by atoms with van der Waals surface area (Å²) in [6.07, 6.45) is 3.82. The maximum Gasteiger partial charge on any atom is 0.230 e. The second kappa shape index (κ2) is 6.90. The van der Waals surface area contributed by atoms with Crippen LogP contribution in [-0.4, -0.2) is 39.9 Å². The van der Waals surface area contributed by atoms with Crippen LogP contribution in [0.5, 0.6) is 0 Å². The van der Waals surface area contributed by atoms with E-state index in [1.807, 2.05) is 29.2 Å². The van der Waals surface area contributed by atoms with Crippen molar-refractivity contribution in [2.45, 2.75) is 38.5 Å². The lowest BCUT2D eigenvalue weighted by atomic mass is 9.96. The number of nitrogens with one attached hydrogen (secondary N) is 1. The highest BCUT2D eigenvalue weighted by Gasteiger charge is 2.35. The van der Waals surface area contributed by atoms with E-state index < -0.39 is 0 Å². The molecule has 2 aliphatic rings. The Kier molecular flexibility index (Phi) is 4.44. The van der Waals surface area contributed by atoms with Gasteiger partial charge in [0.05, 0.1) is 0 Å².